The maximum Gasteiger partial charge on any atom is 0.326 e. The predicted molar refractivity (Wildman–Crippen MR) is 275 cm³/mol. The molecular formula is C47H74N12O16S. The van der Waals surface area contributed by atoms with Crippen molar-refractivity contribution in [1.82, 2.24) is 52.8 Å². The van der Waals surface area contributed by atoms with Crippen molar-refractivity contribution in [3.8, 4) is 0 Å². The van der Waals surface area contributed by atoms with E-state index in [9.17, 15) is 73.2 Å². The molecule has 0 saturated carbocycles. The average molecular weight is 1100 g/mol. The van der Waals surface area contributed by atoms with Crippen LogP contribution in [0, 0.1) is 5.92 Å². The number of para-hydroxylation sites is 1. The number of rotatable bonds is 34. The van der Waals surface area contributed by atoms with Gasteiger partial charge in [-0.25, -0.2) is 4.79 Å². The van der Waals surface area contributed by atoms with E-state index in [1.165, 1.54) is 20.8 Å². The topological polar surface area (TPSA) is 465 Å². The minimum absolute atomic E-state index is 0.0698. The molecule has 2 rings (SSSR count). The number of nitrogens with one attached hydrogen (secondary N) is 10. The first-order valence-corrected chi connectivity index (χ1v) is 25.2. The van der Waals surface area contributed by atoms with E-state index in [1.54, 1.807) is 37.4 Å². The number of fused-ring (bicyclic) bond motifs is 1. The molecule has 0 aliphatic rings. The Hall–Kier alpha value is -6.92. The van der Waals surface area contributed by atoms with Gasteiger partial charge in [0.05, 0.1) is 25.4 Å². The number of nitrogens with two attached hydrogens (primary N) is 2. The van der Waals surface area contributed by atoms with Crippen LogP contribution in [0.15, 0.2) is 30.5 Å². The van der Waals surface area contributed by atoms with Gasteiger partial charge in [-0.2, -0.15) is 12.6 Å². The number of hydrogen-bond donors (Lipinski definition) is 18. The molecule has 0 saturated heterocycles. The predicted octanol–water partition coefficient (Wildman–Crippen LogP) is -5.14. The number of unbranched alkanes of at least 4 members (excludes halogenated alkanes) is 1. The fraction of sp³-hybridized carbons (Fsp3) is 0.596. The number of carboxylic acid groups (broad SMARTS) is 2. The number of hydrogen-bond acceptors (Lipinski definition) is 17. The molecule has 0 radical (unpaired) electrons. The number of carbonyl (C=O) groups excluding carboxylic acids is 9. The average Bonchev–Trinajstić information content (AvgIpc) is 3.79. The molecule has 0 unspecified atom stereocenters. The number of aromatic amines is 1. The Labute approximate surface area is 443 Å². The minimum atomic E-state index is -1.83. The molecule has 2 aromatic rings. The van der Waals surface area contributed by atoms with Crippen molar-refractivity contribution in [1.29, 1.82) is 0 Å². The fourth-order valence-corrected chi connectivity index (χ4v) is 7.45. The van der Waals surface area contributed by atoms with E-state index in [2.05, 4.69) is 65.5 Å². The molecule has 76 heavy (non-hydrogen) atoms. The maximum atomic E-state index is 14.1. The molecule has 1 aromatic carbocycles. The van der Waals surface area contributed by atoms with Crippen LogP contribution in [-0.4, -0.2) is 188 Å². The first kappa shape index (κ1) is 65.2. The molecule has 28 nitrogen and oxygen atoms in total. The molecule has 0 bridgehead atoms. The molecule has 1 aromatic heterocycles. The highest BCUT2D eigenvalue weighted by Crippen LogP contribution is 2.19. The standard InChI is InChI=1S/C47H74N12O16S/c1-6-22(2)36(49)45(72)59-37(25(5)62)46(73)52-24(4)39(66)55-31(17-26-18-50-28-12-8-7-11-27(26)28)41(68)58-34(21-76)44(71)57-33(20-61)43(70)56-32(19-60)42(69)53-29(13-9-10-16-48)40(67)51-23(3)38(65)54-30(47(74)75)14-15-35(63)64/h7-8,11-12,18,22-25,29-34,36-37,50,60-62,76H,6,9-10,13-17,19-21,48-49H2,1-5H3,(H,51,67)(H,52,73)(H,53,69)(H,54,65)(H,55,66)(H,56,70)(H,57,71)(H,58,68)(H,59,72)(H,63,64)(H,74,75)/t22-,23-,24-,25+,29-,30-,31-,32-,33-,34-,36-,37-/m0/s1. The van der Waals surface area contributed by atoms with Gasteiger partial charge in [0.15, 0.2) is 0 Å². The lowest BCUT2D eigenvalue weighted by Gasteiger charge is -2.27. The number of carboxylic acids is 2. The number of thiol groups is 1. The molecule has 9 amide bonds. The summed E-state index contributed by atoms with van der Waals surface area (Å²) in [5.41, 5.74) is 12.8. The van der Waals surface area contributed by atoms with Crippen molar-refractivity contribution in [2.45, 2.75) is 146 Å². The van der Waals surface area contributed by atoms with Gasteiger partial charge in [0, 0.05) is 35.7 Å². The second-order valence-corrected chi connectivity index (χ2v) is 18.5. The molecular weight excluding hydrogens is 1020 g/mol. The van der Waals surface area contributed by atoms with E-state index in [1.807, 2.05) is 6.92 Å². The quantitative estimate of drug-likeness (QED) is 0.0230. The zero-order valence-corrected chi connectivity index (χ0v) is 43.8. The van der Waals surface area contributed by atoms with Gasteiger partial charge in [-0.15, -0.1) is 0 Å². The maximum absolute atomic E-state index is 14.1. The van der Waals surface area contributed by atoms with E-state index in [4.69, 9.17) is 16.6 Å². The molecule has 424 valence electrons. The summed E-state index contributed by atoms with van der Waals surface area (Å²) in [6, 6.07) is -7.89. The van der Waals surface area contributed by atoms with E-state index < -0.39 is 163 Å². The van der Waals surface area contributed by atoms with Gasteiger partial charge < -0.3 is 89.8 Å². The Morgan fingerprint density at radius 3 is 1.61 bits per heavy atom. The van der Waals surface area contributed by atoms with Gasteiger partial charge in [-0.05, 0) is 70.5 Å². The number of H-pyrrole nitrogens is 1. The summed E-state index contributed by atoms with van der Waals surface area (Å²) in [6.45, 7) is 5.34. The van der Waals surface area contributed by atoms with Crippen molar-refractivity contribution in [3.05, 3.63) is 36.0 Å². The van der Waals surface area contributed by atoms with Crippen LogP contribution in [0.2, 0.25) is 0 Å². The fourth-order valence-electron chi connectivity index (χ4n) is 7.20. The van der Waals surface area contributed by atoms with E-state index in [-0.39, 0.29) is 31.7 Å². The summed E-state index contributed by atoms with van der Waals surface area (Å²) in [7, 11) is 0. The summed E-state index contributed by atoms with van der Waals surface area (Å²) < 4.78 is 0. The van der Waals surface area contributed by atoms with Gasteiger partial charge in [0.2, 0.25) is 53.2 Å². The summed E-state index contributed by atoms with van der Waals surface area (Å²) in [6.07, 6.45) is 0.106. The highest BCUT2D eigenvalue weighted by Gasteiger charge is 2.35. The van der Waals surface area contributed by atoms with Crippen LogP contribution >= 0.6 is 12.6 Å². The lowest BCUT2D eigenvalue weighted by atomic mass is 9.98. The summed E-state index contributed by atoms with van der Waals surface area (Å²) in [4.78, 5) is 146. The Kier molecular flexibility index (Phi) is 27.9. The van der Waals surface area contributed by atoms with Crippen LogP contribution in [0.25, 0.3) is 10.9 Å². The van der Waals surface area contributed by atoms with Gasteiger partial charge in [-0.1, -0.05) is 38.5 Å². The molecule has 1 heterocycles. The van der Waals surface area contributed by atoms with Crippen LogP contribution in [0.3, 0.4) is 0 Å². The number of aliphatic hydroxyl groups excluding tert-OH is 3. The monoisotopic (exact) mass is 1090 g/mol. The minimum Gasteiger partial charge on any atom is -0.481 e. The Morgan fingerprint density at radius 2 is 1.09 bits per heavy atom. The molecule has 12 atom stereocenters. The lowest BCUT2D eigenvalue weighted by Crippen LogP contribution is -2.62. The van der Waals surface area contributed by atoms with Crippen molar-refractivity contribution in [3.63, 3.8) is 0 Å². The van der Waals surface area contributed by atoms with Gasteiger partial charge in [-0.3, -0.25) is 47.9 Å². The van der Waals surface area contributed by atoms with Crippen LogP contribution in [0.1, 0.15) is 78.7 Å². The normalized spacial score (nSPS) is 15.9. The van der Waals surface area contributed by atoms with Gasteiger partial charge in [0.25, 0.3) is 0 Å². The van der Waals surface area contributed by atoms with Crippen LogP contribution in [-0.2, 0) is 59.2 Å². The zero-order chi connectivity index (χ0) is 57.4. The Bertz CT molecular complexity index is 2340. The molecule has 0 fully saturated rings. The largest absolute Gasteiger partial charge is 0.481 e. The van der Waals surface area contributed by atoms with Crippen LogP contribution in [0.5, 0.6) is 0 Å². The number of aliphatic carboxylic acids is 2. The zero-order valence-electron chi connectivity index (χ0n) is 42.9. The van der Waals surface area contributed by atoms with Crippen molar-refractivity contribution >= 4 is 88.6 Å². The Morgan fingerprint density at radius 1 is 0.605 bits per heavy atom. The number of carbonyl (C=O) groups is 11. The van der Waals surface area contributed by atoms with E-state index in [0.717, 1.165) is 0 Å². The third-order valence-corrected chi connectivity index (χ3v) is 12.5. The van der Waals surface area contributed by atoms with E-state index >= 15 is 0 Å². The van der Waals surface area contributed by atoms with Gasteiger partial charge >= 0.3 is 11.9 Å². The molecule has 0 spiro atoms. The smallest absolute Gasteiger partial charge is 0.326 e. The SMILES string of the molecule is CC[C@H](C)[C@H](N)C(=O)N[C@H](C(=O)N[C@@H](C)C(=O)N[C@@H](Cc1c[nH]c2ccccc12)C(=O)N[C@@H](CS)C(=O)N[C@@H](CO)C(=O)N[C@@H](CO)C(=O)N[C@@H](CCCCN)C(=O)N[C@@H](C)C(=O)N[C@@H](CCC(=O)O)C(=O)O)[C@@H](C)O. The van der Waals surface area contributed by atoms with E-state index in [0.29, 0.717) is 29.3 Å². The summed E-state index contributed by atoms with van der Waals surface area (Å²) >= 11 is 4.19. The molecule has 0 aliphatic heterocycles. The Balaban J connectivity index is 2.24. The van der Waals surface area contributed by atoms with Crippen LogP contribution in [0.4, 0.5) is 0 Å². The second kappa shape index (κ2) is 32.5. The summed E-state index contributed by atoms with van der Waals surface area (Å²) in [5, 5.41) is 70.8. The number of amides is 9. The summed E-state index contributed by atoms with van der Waals surface area (Å²) in [5.74, 6) is -12.3. The number of aromatic nitrogens is 1. The highest BCUT2D eigenvalue weighted by molar-refractivity contribution is 7.80. The van der Waals surface area contributed by atoms with Crippen molar-refractivity contribution in [2.75, 3.05) is 25.5 Å². The first-order chi connectivity index (χ1) is 35.8. The third-order valence-electron chi connectivity index (χ3n) is 12.1. The van der Waals surface area contributed by atoms with Crippen LogP contribution < -0.4 is 59.3 Å². The lowest BCUT2D eigenvalue weighted by molar-refractivity contribution is -0.143. The second-order valence-electron chi connectivity index (χ2n) is 18.1. The third kappa shape index (κ3) is 20.7. The highest BCUT2D eigenvalue weighted by atomic mass is 32.1. The number of aliphatic hydroxyl groups is 3. The van der Waals surface area contributed by atoms with Gasteiger partial charge in [0.1, 0.15) is 54.4 Å². The molecule has 19 N–H and O–H groups in total. The first-order valence-electron chi connectivity index (χ1n) is 24.5. The van der Waals surface area contributed by atoms with Crippen molar-refractivity contribution < 1.29 is 78.3 Å². The number of benzene rings is 1. The van der Waals surface area contributed by atoms with Crippen molar-refractivity contribution in [2.24, 2.45) is 17.4 Å². The molecule has 0 aliphatic carbocycles. The molecule has 29 heteroatoms.